The number of aromatic nitrogens is 4. The van der Waals surface area contributed by atoms with Gasteiger partial charge in [0.1, 0.15) is 34.3 Å². The molecule has 0 aliphatic rings. The number of hydrogen-bond donors (Lipinski definition) is 1. The summed E-state index contributed by atoms with van der Waals surface area (Å²) in [7, 11) is 1.57. The second-order valence-electron chi connectivity index (χ2n) is 7.00. The molecular formula is C23H20ClFN4O2. The summed E-state index contributed by atoms with van der Waals surface area (Å²) in [6.07, 6.45) is 2.97. The van der Waals surface area contributed by atoms with E-state index in [9.17, 15) is 4.39 Å². The van der Waals surface area contributed by atoms with Crippen molar-refractivity contribution in [1.29, 1.82) is 0 Å². The zero-order valence-electron chi connectivity index (χ0n) is 17.2. The van der Waals surface area contributed by atoms with Crippen LogP contribution in [0.4, 0.5) is 4.39 Å². The Kier molecular flexibility index (Phi) is 5.86. The fourth-order valence-electron chi connectivity index (χ4n) is 3.11. The highest BCUT2D eigenvalue weighted by Crippen LogP contribution is 2.38. The molecule has 0 spiro atoms. The fourth-order valence-corrected chi connectivity index (χ4v) is 3.34. The molecule has 0 fully saturated rings. The standard InChI is InChI=1S/C23H20ClFN4O2/c1-13-4-8-18(26-11-13)14(2)31-16-6-7-17(19(10-16)30-3)21-22(24)29-23(28-21)15-5-9-20(25)27-12-15/h4-12,14H,1-3H3,(H,28,29). The number of aryl methyl sites for hydroxylation is 1. The average Bonchev–Trinajstić information content (AvgIpc) is 3.16. The normalized spacial score (nSPS) is 11.9. The van der Waals surface area contributed by atoms with Crippen LogP contribution in [0.3, 0.4) is 0 Å². The number of nitrogens with one attached hydrogen (secondary N) is 1. The Morgan fingerprint density at radius 3 is 2.58 bits per heavy atom. The molecular weight excluding hydrogens is 419 g/mol. The first-order valence-electron chi connectivity index (χ1n) is 9.59. The lowest BCUT2D eigenvalue weighted by Crippen LogP contribution is -2.05. The number of nitrogens with zero attached hydrogens (tertiary/aromatic N) is 3. The van der Waals surface area contributed by atoms with Gasteiger partial charge in [0, 0.05) is 29.6 Å². The lowest BCUT2D eigenvalue weighted by atomic mass is 10.1. The minimum atomic E-state index is -0.561. The van der Waals surface area contributed by atoms with Gasteiger partial charge < -0.3 is 14.5 Å². The van der Waals surface area contributed by atoms with Crippen molar-refractivity contribution in [2.24, 2.45) is 0 Å². The van der Waals surface area contributed by atoms with Gasteiger partial charge >= 0.3 is 0 Å². The predicted octanol–water partition coefficient (Wildman–Crippen LogP) is 5.78. The molecule has 0 bridgehead atoms. The maximum atomic E-state index is 13.1. The fraction of sp³-hybridized carbons (Fsp3) is 0.174. The minimum absolute atomic E-state index is 0.234. The number of ether oxygens (including phenoxy) is 2. The van der Waals surface area contributed by atoms with Crippen molar-refractivity contribution in [2.75, 3.05) is 7.11 Å². The van der Waals surface area contributed by atoms with Gasteiger partial charge in [0.25, 0.3) is 0 Å². The van der Waals surface area contributed by atoms with Gasteiger partial charge in [-0.05, 0) is 49.7 Å². The van der Waals surface area contributed by atoms with Crippen LogP contribution < -0.4 is 9.47 Å². The van der Waals surface area contributed by atoms with Gasteiger partial charge in [-0.15, -0.1) is 0 Å². The average molecular weight is 439 g/mol. The van der Waals surface area contributed by atoms with Gasteiger partial charge in [-0.2, -0.15) is 4.39 Å². The zero-order chi connectivity index (χ0) is 22.0. The summed E-state index contributed by atoms with van der Waals surface area (Å²) in [5.41, 5.74) is 3.75. The molecule has 3 heterocycles. The number of methoxy groups -OCH3 is 1. The van der Waals surface area contributed by atoms with Crippen molar-refractivity contribution in [3.8, 4) is 34.1 Å². The van der Waals surface area contributed by atoms with Crippen LogP contribution in [0.1, 0.15) is 24.3 Å². The Balaban J connectivity index is 1.61. The van der Waals surface area contributed by atoms with Gasteiger partial charge in [0.15, 0.2) is 0 Å². The highest BCUT2D eigenvalue weighted by molar-refractivity contribution is 6.32. The zero-order valence-corrected chi connectivity index (χ0v) is 17.9. The van der Waals surface area contributed by atoms with Crippen molar-refractivity contribution in [3.63, 3.8) is 0 Å². The highest BCUT2D eigenvalue weighted by atomic mass is 35.5. The third-order valence-corrected chi connectivity index (χ3v) is 5.03. The Morgan fingerprint density at radius 1 is 1.06 bits per heavy atom. The van der Waals surface area contributed by atoms with E-state index in [4.69, 9.17) is 21.1 Å². The summed E-state index contributed by atoms with van der Waals surface area (Å²) in [6, 6.07) is 12.2. The Morgan fingerprint density at radius 2 is 1.90 bits per heavy atom. The summed E-state index contributed by atoms with van der Waals surface area (Å²) in [6.45, 7) is 3.93. The quantitative estimate of drug-likeness (QED) is 0.386. The van der Waals surface area contributed by atoms with E-state index >= 15 is 0 Å². The highest BCUT2D eigenvalue weighted by Gasteiger charge is 2.18. The molecule has 4 aromatic rings. The Bertz CT molecular complexity index is 1190. The van der Waals surface area contributed by atoms with Crippen LogP contribution in [-0.2, 0) is 0 Å². The first-order chi connectivity index (χ1) is 14.9. The molecule has 31 heavy (non-hydrogen) atoms. The van der Waals surface area contributed by atoms with Crippen LogP contribution >= 0.6 is 11.6 Å². The molecule has 1 atom stereocenters. The number of H-pyrrole nitrogens is 1. The lowest BCUT2D eigenvalue weighted by molar-refractivity contribution is 0.221. The van der Waals surface area contributed by atoms with Gasteiger partial charge in [0.05, 0.1) is 12.8 Å². The van der Waals surface area contributed by atoms with E-state index in [1.165, 1.54) is 12.3 Å². The molecule has 1 unspecified atom stereocenters. The SMILES string of the molecule is COc1cc(OC(C)c2ccc(C)cn2)ccc1-c1nc(-c2ccc(F)nc2)[nH]c1Cl. The van der Waals surface area contributed by atoms with Crippen LogP contribution in [-0.4, -0.2) is 27.0 Å². The Labute approximate surface area is 184 Å². The largest absolute Gasteiger partial charge is 0.496 e. The molecule has 0 radical (unpaired) electrons. The van der Waals surface area contributed by atoms with Gasteiger partial charge in [-0.3, -0.25) is 4.98 Å². The van der Waals surface area contributed by atoms with E-state index in [0.717, 1.165) is 11.3 Å². The maximum Gasteiger partial charge on any atom is 0.212 e. The molecule has 158 valence electrons. The molecule has 4 rings (SSSR count). The predicted molar refractivity (Wildman–Crippen MR) is 117 cm³/mol. The maximum absolute atomic E-state index is 13.1. The number of imidazole rings is 1. The smallest absolute Gasteiger partial charge is 0.212 e. The van der Waals surface area contributed by atoms with Crippen LogP contribution in [0.5, 0.6) is 11.5 Å². The number of pyridine rings is 2. The summed E-state index contributed by atoms with van der Waals surface area (Å²) in [5.74, 6) is 1.10. The lowest BCUT2D eigenvalue weighted by Gasteiger charge is -2.16. The minimum Gasteiger partial charge on any atom is -0.496 e. The molecule has 3 aromatic heterocycles. The molecule has 0 aliphatic heterocycles. The van der Waals surface area contributed by atoms with Crippen molar-refractivity contribution in [3.05, 3.63) is 77.2 Å². The molecule has 0 saturated carbocycles. The van der Waals surface area contributed by atoms with Crippen molar-refractivity contribution in [1.82, 2.24) is 19.9 Å². The van der Waals surface area contributed by atoms with Crippen molar-refractivity contribution in [2.45, 2.75) is 20.0 Å². The Hall–Kier alpha value is -3.45. The van der Waals surface area contributed by atoms with Crippen LogP contribution in [0.2, 0.25) is 5.15 Å². The molecule has 1 aromatic carbocycles. The van der Waals surface area contributed by atoms with Gasteiger partial charge in [0.2, 0.25) is 5.95 Å². The van der Waals surface area contributed by atoms with E-state index in [0.29, 0.717) is 39.3 Å². The van der Waals surface area contributed by atoms with E-state index in [-0.39, 0.29) is 6.10 Å². The summed E-state index contributed by atoms with van der Waals surface area (Å²) < 4.78 is 24.7. The number of benzene rings is 1. The third-order valence-electron chi connectivity index (χ3n) is 4.75. The van der Waals surface area contributed by atoms with Crippen molar-refractivity contribution >= 4 is 11.6 Å². The topological polar surface area (TPSA) is 72.9 Å². The van der Waals surface area contributed by atoms with Crippen LogP contribution in [0.15, 0.2) is 54.9 Å². The molecule has 6 nitrogen and oxygen atoms in total. The summed E-state index contributed by atoms with van der Waals surface area (Å²) in [5, 5.41) is 0.337. The van der Waals surface area contributed by atoms with E-state index in [1.807, 2.05) is 44.3 Å². The van der Waals surface area contributed by atoms with E-state index < -0.39 is 5.95 Å². The first-order valence-corrected chi connectivity index (χ1v) is 9.97. The number of rotatable bonds is 6. The second kappa shape index (κ2) is 8.73. The first kappa shape index (κ1) is 20.8. The van der Waals surface area contributed by atoms with Crippen LogP contribution in [0.25, 0.3) is 22.6 Å². The number of aromatic amines is 1. The molecule has 0 amide bonds. The molecule has 1 N–H and O–H groups in total. The second-order valence-corrected chi connectivity index (χ2v) is 7.38. The molecule has 0 aliphatic carbocycles. The number of hydrogen-bond acceptors (Lipinski definition) is 5. The van der Waals surface area contributed by atoms with E-state index in [2.05, 4.69) is 19.9 Å². The number of halogens is 2. The summed E-state index contributed by atoms with van der Waals surface area (Å²) in [4.78, 5) is 15.6. The molecule has 8 heteroatoms. The van der Waals surface area contributed by atoms with Crippen LogP contribution in [0, 0.1) is 12.9 Å². The van der Waals surface area contributed by atoms with Gasteiger partial charge in [-0.25, -0.2) is 9.97 Å². The van der Waals surface area contributed by atoms with Gasteiger partial charge in [-0.1, -0.05) is 17.7 Å². The molecule has 0 saturated heterocycles. The van der Waals surface area contributed by atoms with Crippen molar-refractivity contribution < 1.29 is 13.9 Å². The summed E-state index contributed by atoms with van der Waals surface area (Å²) >= 11 is 6.40. The monoisotopic (exact) mass is 438 g/mol. The third kappa shape index (κ3) is 4.51. The van der Waals surface area contributed by atoms with E-state index in [1.54, 1.807) is 19.2 Å².